The summed E-state index contributed by atoms with van der Waals surface area (Å²) >= 11 is 7.45. The summed E-state index contributed by atoms with van der Waals surface area (Å²) in [7, 11) is -1.93. The van der Waals surface area contributed by atoms with Gasteiger partial charge in [-0.1, -0.05) is 29.8 Å². The highest BCUT2D eigenvalue weighted by Gasteiger charge is 2.28. The van der Waals surface area contributed by atoms with Crippen LogP contribution in [0.4, 0.5) is 5.69 Å². The number of sulfonamides is 1. The number of amides is 1. The van der Waals surface area contributed by atoms with Gasteiger partial charge >= 0.3 is 0 Å². The molecular formula is C19H21ClN6O3S2. The van der Waals surface area contributed by atoms with Crippen molar-refractivity contribution >= 4 is 56.0 Å². The molecule has 1 aliphatic rings. The minimum atomic E-state index is -3.71. The van der Waals surface area contributed by atoms with Crippen molar-refractivity contribution in [2.45, 2.75) is 29.2 Å². The van der Waals surface area contributed by atoms with Crippen LogP contribution in [0.5, 0.6) is 0 Å². The van der Waals surface area contributed by atoms with Crippen molar-refractivity contribution in [3.05, 3.63) is 35.7 Å². The number of anilines is 1. The normalized spacial score (nSPS) is 15.3. The molecule has 12 heteroatoms. The van der Waals surface area contributed by atoms with Gasteiger partial charge in [-0.2, -0.15) is 9.40 Å². The fourth-order valence-electron chi connectivity index (χ4n) is 3.41. The first-order valence-corrected chi connectivity index (χ1v) is 12.5. The van der Waals surface area contributed by atoms with Crippen molar-refractivity contribution in [2.75, 3.05) is 24.2 Å². The number of nitrogens with one attached hydrogen (secondary N) is 1. The van der Waals surface area contributed by atoms with Gasteiger partial charge < -0.3 is 5.32 Å². The first kappa shape index (κ1) is 22.0. The topological polar surface area (TPSA) is 110 Å². The van der Waals surface area contributed by atoms with E-state index >= 15 is 0 Å². The zero-order valence-electron chi connectivity index (χ0n) is 16.8. The molecule has 1 saturated heterocycles. The number of benzene rings is 1. The van der Waals surface area contributed by atoms with E-state index in [0.717, 1.165) is 24.6 Å². The Bertz CT molecular complexity index is 1220. The Morgan fingerprint density at radius 1 is 1.23 bits per heavy atom. The number of fused-ring (bicyclic) bond motifs is 1. The Hall–Kier alpha value is -2.21. The van der Waals surface area contributed by atoms with Crippen LogP contribution in [0.25, 0.3) is 11.0 Å². The van der Waals surface area contributed by atoms with E-state index in [1.54, 1.807) is 24.0 Å². The van der Waals surface area contributed by atoms with Crippen LogP contribution in [-0.2, 0) is 21.9 Å². The maximum atomic E-state index is 13.0. The smallest absolute Gasteiger partial charge is 0.244 e. The van der Waals surface area contributed by atoms with Crippen molar-refractivity contribution in [1.82, 2.24) is 24.1 Å². The van der Waals surface area contributed by atoms with Crippen LogP contribution in [0.2, 0.25) is 5.02 Å². The summed E-state index contributed by atoms with van der Waals surface area (Å²) in [6.45, 7) is 0.960. The molecule has 1 N–H and O–H groups in total. The molecule has 0 unspecified atom stereocenters. The molecule has 31 heavy (non-hydrogen) atoms. The van der Waals surface area contributed by atoms with Gasteiger partial charge in [-0.15, -0.1) is 0 Å². The summed E-state index contributed by atoms with van der Waals surface area (Å²) in [6.07, 6.45) is 5.77. The molecule has 1 fully saturated rings. The predicted octanol–water partition coefficient (Wildman–Crippen LogP) is 2.92. The lowest BCUT2D eigenvalue weighted by molar-refractivity contribution is -0.113. The second-order valence-electron chi connectivity index (χ2n) is 7.13. The van der Waals surface area contributed by atoms with Gasteiger partial charge in [-0.3, -0.25) is 9.48 Å². The number of carbonyl (C=O) groups is 1. The fourth-order valence-corrected chi connectivity index (χ4v) is 6.19. The molecule has 2 aromatic heterocycles. The number of piperidine rings is 1. The highest BCUT2D eigenvalue weighted by molar-refractivity contribution is 8.00. The average Bonchev–Trinajstić information content (AvgIpc) is 3.15. The van der Waals surface area contributed by atoms with Crippen LogP contribution in [-0.4, -0.2) is 57.2 Å². The Morgan fingerprint density at radius 3 is 2.77 bits per heavy atom. The van der Waals surface area contributed by atoms with Crippen LogP contribution < -0.4 is 5.32 Å². The standard InChI is InChI=1S/C19H21ClN6O3S2/c1-25-18-14(10-23-25)19(22-12-21-18)30-11-17(27)24-13-5-6-15(20)16(9-13)31(28,29)26-7-3-2-4-8-26/h5-6,9-10,12H,2-4,7-8,11H2,1H3,(H,24,27). The number of rotatable bonds is 6. The van der Waals surface area contributed by atoms with Crippen molar-refractivity contribution in [3.8, 4) is 0 Å². The molecule has 164 valence electrons. The molecule has 1 amide bonds. The first-order valence-electron chi connectivity index (χ1n) is 9.71. The Balaban J connectivity index is 1.46. The second kappa shape index (κ2) is 9.11. The molecule has 3 aromatic rings. The Kier molecular flexibility index (Phi) is 6.47. The van der Waals surface area contributed by atoms with Crippen molar-refractivity contribution in [1.29, 1.82) is 0 Å². The van der Waals surface area contributed by atoms with Crippen LogP contribution in [0, 0.1) is 0 Å². The largest absolute Gasteiger partial charge is 0.325 e. The van der Waals surface area contributed by atoms with E-state index in [-0.39, 0.29) is 21.6 Å². The molecule has 0 bridgehead atoms. The van der Waals surface area contributed by atoms with E-state index in [4.69, 9.17) is 11.6 Å². The predicted molar refractivity (Wildman–Crippen MR) is 120 cm³/mol. The van der Waals surface area contributed by atoms with E-state index < -0.39 is 10.0 Å². The fraction of sp³-hybridized carbons (Fsp3) is 0.368. The molecule has 0 atom stereocenters. The highest BCUT2D eigenvalue weighted by Crippen LogP contribution is 2.30. The molecule has 1 aromatic carbocycles. The number of halogens is 1. The number of aryl methyl sites for hydroxylation is 1. The van der Waals surface area contributed by atoms with Gasteiger partial charge in [0.05, 0.1) is 22.4 Å². The molecular weight excluding hydrogens is 460 g/mol. The minimum absolute atomic E-state index is 0.00869. The summed E-state index contributed by atoms with van der Waals surface area (Å²) < 4.78 is 29.1. The third-order valence-corrected chi connectivity index (χ3v) is 8.37. The Labute approximate surface area is 189 Å². The van der Waals surface area contributed by atoms with E-state index in [1.165, 1.54) is 34.5 Å². The van der Waals surface area contributed by atoms with E-state index in [9.17, 15) is 13.2 Å². The van der Waals surface area contributed by atoms with E-state index in [0.29, 0.717) is 29.5 Å². The molecule has 1 aliphatic heterocycles. The maximum Gasteiger partial charge on any atom is 0.244 e. The number of hydrogen-bond donors (Lipinski definition) is 1. The summed E-state index contributed by atoms with van der Waals surface area (Å²) in [5.41, 5.74) is 1.06. The van der Waals surface area contributed by atoms with E-state index in [2.05, 4.69) is 20.4 Å². The summed E-state index contributed by atoms with van der Waals surface area (Å²) in [5.74, 6) is -0.193. The Morgan fingerprint density at radius 2 is 2.00 bits per heavy atom. The number of aromatic nitrogens is 4. The van der Waals surface area contributed by atoms with Gasteiger partial charge in [-0.25, -0.2) is 18.4 Å². The second-order valence-corrected chi connectivity index (χ2v) is 10.4. The van der Waals surface area contributed by atoms with Gasteiger partial charge in [0.25, 0.3) is 0 Å². The quantitative estimate of drug-likeness (QED) is 0.426. The molecule has 0 radical (unpaired) electrons. The zero-order chi connectivity index (χ0) is 22.0. The summed E-state index contributed by atoms with van der Waals surface area (Å²) in [4.78, 5) is 20.9. The average molecular weight is 481 g/mol. The number of carbonyl (C=O) groups excluding carboxylic acids is 1. The number of nitrogens with zero attached hydrogens (tertiary/aromatic N) is 5. The number of thioether (sulfide) groups is 1. The molecule has 4 rings (SSSR count). The van der Waals surface area contributed by atoms with Crippen LogP contribution in [0.1, 0.15) is 19.3 Å². The summed E-state index contributed by atoms with van der Waals surface area (Å²) in [6, 6.07) is 4.49. The monoisotopic (exact) mass is 480 g/mol. The lowest BCUT2D eigenvalue weighted by atomic mass is 10.2. The SMILES string of the molecule is Cn1ncc2c(SCC(=O)Nc3ccc(Cl)c(S(=O)(=O)N4CCCCC4)c3)ncnc21. The van der Waals surface area contributed by atoms with Crippen molar-refractivity contribution in [3.63, 3.8) is 0 Å². The van der Waals surface area contributed by atoms with Crippen LogP contribution in [0.15, 0.2) is 40.6 Å². The summed E-state index contributed by atoms with van der Waals surface area (Å²) in [5, 5.41) is 8.46. The van der Waals surface area contributed by atoms with Gasteiger partial charge in [0.1, 0.15) is 16.2 Å². The van der Waals surface area contributed by atoms with Gasteiger partial charge in [0, 0.05) is 25.8 Å². The van der Waals surface area contributed by atoms with Gasteiger partial charge in [0.15, 0.2) is 5.65 Å². The molecule has 0 spiro atoms. The van der Waals surface area contributed by atoms with Crippen molar-refractivity contribution < 1.29 is 13.2 Å². The first-order chi connectivity index (χ1) is 14.9. The minimum Gasteiger partial charge on any atom is -0.325 e. The van der Waals surface area contributed by atoms with Gasteiger partial charge in [-0.05, 0) is 31.0 Å². The van der Waals surface area contributed by atoms with Crippen LogP contribution >= 0.6 is 23.4 Å². The molecule has 9 nitrogen and oxygen atoms in total. The highest BCUT2D eigenvalue weighted by atomic mass is 35.5. The zero-order valence-corrected chi connectivity index (χ0v) is 19.2. The third kappa shape index (κ3) is 4.69. The van der Waals surface area contributed by atoms with Crippen molar-refractivity contribution in [2.24, 2.45) is 7.05 Å². The lowest BCUT2D eigenvalue weighted by Crippen LogP contribution is -2.35. The molecule has 3 heterocycles. The molecule has 0 saturated carbocycles. The number of hydrogen-bond acceptors (Lipinski definition) is 7. The lowest BCUT2D eigenvalue weighted by Gasteiger charge is -2.26. The van der Waals surface area contributed by atoms with Crippen LogP contribution in [0.3, 0.4) is 0 Å². The molecule has 0 aliphatic carbocycles. The van der Waals surface area contributed by atoms with Gasteiger partial charge in [0.2, 0.25) is 15.9 Å². The third-order valence-electron chi connectivity index (χ3n) is 4.98. The van der Waals surface area contributed by atoms with E-state index in [1.807, 2.05) is 0 Å². The maximum absolute atomic E-state index is 13.0.